The smallest absolute Gasteiger partial charge is 0.330 e. The second-order valence-corrected chi connectivity index (χ2v) is 7.90. The van der Waals surface area contributed by atoms with E-state index in [0.29, 0.717) is 18.6 Å². The monoisotopic (exact) mass is 612 g/mol. The summed E-state index contributed by atoms with van der Waals surface area (Å²) in [5, 5.41) is 8.79. The molecule has 3 nitrogen and oxygen atoms in total. The molecule has 6 heteroatoms. The summed E-state index contributed by atoms with van der Waals surface area (Å²) in [7, 11) is 0. The van der Waals surface area contributed by atoms with Crippen LogP contribution in [0.1, 0.15) is 25.8 Å². The number of rotatable bonds is 6. The molecule has 0 bridgehead atoms. The lowest BCUT2D eigenvalue weighted by molar-refractivity contribution is -0.132. The maximum atomic E-state index is 10.7. The van der Waals surface area contributed by atoms with Crippen LogP contribution in [0.2, 0.25) is 0 Å². The van der Waals surface area contributed by atoms with Crippen molar-refractivity contribution in [2.24, 2.45) is 0 Å². The number of carbonyl (C=O) groups is 1. The predicted octanol–water partition coefficient (Wildman–Crippen LogP) is 4.83. The molecule has 0 aliphatic heterocycles. The Morgan fingerprint density at radius 3 is 2.65 bits per heavy atom. The summed E-state index contributed by atoms with van der Waals surface area (Å²) in [6.45, 7) is 4.10. The summed E-state index contributed by atoms with van der Waals surface area (Å²) >= 11 is 6.95. The Morgan fingerprint density at radius 1 is 1.40 bits per heavy atom. The van der Waals surface area contributed by atoms with Gasteiger partial charge >= 0.3 is 5.97 Å². The molecule has 1 aromatic carbocycles. The first-order valence-electron chi connectivity index (χ1n) is 5.96. The van der Waals surface area contributed by atoms with Crippen LogP contribution in [0.15, 0.2) is 23.8 Å². The lowest BCUT2D eigenvalue weighted by atomic mass is 10.2. The van der Waals surface area contributed by atoms with E-state index in [4.69, 9.17) is 9.84 Å². The average Bonchev–Trinajstić information content (AvgIpc) is 2.38. The Kier molecular flexibility index (Phi) is 8.28. The van der Waals surface area contributed by atoms with Crippen molar-refractivity contribution in [3.05, 3.63) is 40.1 Å². The Balaban J connectivity index is 2.60. The first-order valence-corrected chi connectivity index (χ1v) is 9.20. The Labute approximate surface area is 160 Å². The summed E-state index contributed by atoms with van der Waals surface area (Å²) < 4.78 is 9.44. The Hall–Kier alpha value is 0.580. The van der Waals surface area contributed by atoms with Crippen molar-refractivity contribution < 1.29 is 14.6 Å². The zero-order valence-corrected chi connectivity index (χ0v) is 17.6. The highest BCUT2D eigenvalue weighted by atomic mass is 127. The molecular formula is C14H15I3O3. The van der Waals surface area contributed by atoms with Gasteiger partial charge in [0.15, 0.2) is 0 Å². The highest BCUT2D eigenvalue weighted by Crippen LogP contribution is 2.24. The van der Waals surface area contributed by atoms with Gasteiger partial charge in [0.25, 0.3) is 0 Å². The van der Waals surface area contributed by atoms with Gasteiger partial charge in [-0.2, -0.15) is 0 Å². The van der Waals surface area contributed by atoms with E-state index in [-0.39, 0.29) is 6.10 Å². The van der Waals surface area contributed by atoms with Crippen LogP contribution in [0.4, 0.5) is 0 Å². The van der Waals surface area contributed by atoms with Crippen molar-refractivity contribution in [2.45, 2.75) is 33.0 Å². The van der Waals surface area contributed by atoms with Gasteiger partial charge in [0.05, 0.1) is 12.7 Å². The van der Waals surface area contributed by atoms with Gasteiger partial charge in [-0.25, -0.2) is 4.79 Å². The first-order chi connectivity index (χ1) is 9.31. The molecule has 0 radical (unpaired) electrons. The summed E-state index contributed by atoms with van der Waals surface area (Å²) in [6.07, 6.45) is 2.31. The lowest BCUT2D eigenvalue weighted by Crippen LogP contribution is -2.09. The molecule has 1 rings (SSSR count). The standard InChI is InChI=1S/C14H15I3O3/c1-8(14(18)19)3-4-9(2)20-7-10-5-11(15)6-12(16)13(10)17/h3,5-6,9H,4,7H2,1-2H3,(H,18,19). The summed E-state index contributed by atoms with van der Waals surface area (Å²) in [5.41, 5.74) is 1.53. The highest BCUT2D eigenvalue weighted by molar-refractivity contribution is 14.1. The van der Waals surface area contributed by atoms with Crippen molar-refractivity contribution in [3.63, 3.8) is 0 Å². The normalized spacial score (nSPS) is 13.3. The molecule has 1 aromatic rings. The predicted molar refractivity (Wildman–Crippen MR) is 105 cm³/mol. The molecule has 0 aromatic heterocycles. The fraction of sp³-hybridized carbons (Fsp3) is 0.357. The Morgan fingerprint density at radius 2 is 2.05 bits per heavy atom. The van der Waals surface area contributed by atoms with Crippen LogP contribution in [-0.2, 0) is 16.1 Å². The number of ether oxygens (including phenoxy) is 1. The van der Waals surface area contributed by atoms with Crippen molar-refractivity contribution in [3.8, 4) is 0 Å². The first kappa shape index (κ1) is 18.6. The molecule has 1 unspecified atom stereocenters. The van der Waals surface area contributed by atoms with Crippen LogP contribution in [-0.4, -0.2) is 17.2 Å². The molecule has 0 aliphatic carbocycles. The van der Waals surface area contributed by atoms with Gasteiger partial charge in [0, 0.05) is 16.3 Å². The molecule has 0 saturated carbocycles. The molecule has 0 saturated heterocycles. The van der Waals surface area contributed by atoms with Crippen LogP contribution < -0.4 is 0 Å². The van der Waals surface area contributed by atoms with Crippen LogP contribution in [0.25, 0.3) is 0 Å². The minimum Gasteiger partial charge on any atom is -0.478 e. The number of aliphatic carboxylic acids is 1. The fourth-order valence-corrected chi connectivity index (χ4v) is 3.88. The van der Waals surface area contributed by atoms with Crippen molar-refractivity contribution >= 4 is 73.7 Å². The van der Waals surface area contributed by atoms with E-state index in [1.54, 1.807) is 13.0 Å². The van der Waals surface area contributed by atoms with Crippen molar-refractivity contribution in [2.75, 3.05) is 0 Å². The molecule has 0 amide bonds. The van der Waals surface area contributed by atoms with Gasteiger partial charge in [-0.1, -0.05) is 6.08 Å². The largest absolute Gasteiger partial charge is 0.478 e. The number of hydrogen-bond donors (Lipinski definition) is 1. The number of benzene rings is 1. The molecule has 1 atom stereocenters. The third-order valence-corrected chi connectivity index (χ3v) is 6.46. The van der Waals surface area contributed by atoms with Crippen LogP contribution in [0, 0.1) is 10.7 Å². The van der Waals surface area contributed by atoms with E-state index >= 15 is 0 Å². The maximum absolute atomic E-state index is 10.7. The number of carboxylic acids is 1. The third kappa shape index (κ3) is 6.14. The van der Waals surface area contributed by atoms with Gasteiger partial charge < -0.3 is 9.84 Å². The second kappa shape index (κ2) is 8.89. The molecule has 0 heterocycles. The topological polar surface area (TPSA) is 46.5 Å². The lowest BCUT2D eigenvalue weighted by Gasteiger charge is -2.13. The van der Waals surface area contributed by atoms with Gasteiger partial charge in [0.1, 0.15) is 0 Å². The molecule has 20 heavy (non-hydrogen) atoms. The minimum atomic E-state index is -0.876. The van der Waals surface area contributed by atoms with Gasteiger partial charge in [-0.05, 0) is 106 Å². The number of halogens is 3. The van der Waals surface area contributed by atoms with E-state index in [0.717, 1.165) is 0 Å². The van der Waals surface area contributed by atoms with Gasteiger partial charge in [-0.15, -0.1) is 0 Å². The average molecular weight is 612 g/mol. The highest BCUT2D eigenvalue weighted by Gasteiger charge is 2.09. The van der Waals surface area contributed by atoms with E-state index in [2.05, 4.69) is 79.9 Å². The van der Waals surface area contributed by atoms with Crippen LogP contribution in [0.5, 0.6) is 0 Å². The summed E-state index contributed by atoms with van der Waals surface area (Å²) in [5.74, 6) is -0.876. The van der Waals surface area contributed by atoms with Crippen molar-refractivity contribution in [1.82, 2.24) is 0 Å². The molecule has 0 aliphatic rings. The zero-order valence-electron chi connectivity index (χ0n) is 11.1. The number of hydrogen-bond acceptors (Lipinski definition) is 2. The molecular weight excluding hydrogens is 597 g/mol. The summed E-state index contributed by atoms with van der Waals surface area (Å²) in [4.78, 5) is 10.7. The Bertz CT molecular complexity index is 527. The minimum absolute atomic E-state index is 0.00405. The molecule has 0 spiro atoms. The van der Waals surface area contributed by atoms with Gasteiger partial charge in [-0.3, -0.25) is 0 Å². The molecule has 0 fully saturated rings. The second-order valence-electron chi connectivity index (χ2n) is 4.41. The quantitative estimate of drug-likeness (QED) is 0.285. The summed E-state index contributed by atoms with van der Waals surface area (Å²) in [6, 6.07) is 4.25. The zero-order chi connectivity index (χ0) is 15.3. The van der Waals surface area contributed by atoms with Crippen LogP contribution in [0.3, 0.4) is 0 Å². The van der Waals surface area contributed by atoms with E-state index in [1.165, 1.54) is 16.3 Å². The van der Waals surface area contributed by atoms with E-state index < -0.39 is 5.97 Å². The fourth-order valence-electron chi connectivity index (χ4n) is 1.44. The van der Waals surface area contributed by atoms with E-state index in [9.17, 15) is 4.79 Å². The molecule has 110 valence electrons. The SMILES string of the molecule is CC(=CCC(C)OCc1cc(I)cc(I)c1I)C(=O)O. The van der Waals surface area contributed by atoms with Gasteiger partial charge in [0.2, 0.25) is 0 Å². The number of carboxylic acid groups (broad SMARTS) is 1. The van der Waals surface area contributed by atoms with Crippen LogP contribution >= 0.6 is 67.8 Å². The third-order valence-electron chi connectivity index (χ3n) is 2.68. The molecule has 1 N–H and O–H groups in total. The van der Waals surface area contributed by atoms with Crippen molar-refractivity contribution in [1.29, 1.82) is 0 Å². The maximum Gasteiger partial charge on any atom is 0.330 e. The van der Waals surface area contributed by atoms with E-state index in [1.807, 2.05) is 6.92 Å².